The highest BCUT2D eigenvalue weighted by molar-refractivity contribution is 6.04. The summed E-state index contributed by atoms with van der Waals surface area (Å²) < 4.78 is 0. The smallest absolute Gasteiger partial charge is 0.0900 e. The molecule has 10 aromatic rings. The third-order valence-corrected chi connectivity index (χ3v) is 13.9. The van der Waals surface area contributed by atoms with E-state index in [9.17, 15) is 0 Å². The third-order valence-electron chi connectivity index (χ3n) is 13.9. The first kappa shape index (κ1) is 37.9. The van der Waals surface area contributed by atoms with Gasteiger partial charge in [-0.05, 0) is 167 Å². The van der Waals surface area contributed by atoms with Crippen molar-refractivity contribution >= 4 is 10.8 Å². The zero-order chi connectivity index (χ0) is 43.2. The second-order valence-electron chi connectivity index (χ2n) is 18.3. The first-order chi connectivity index (χ1) is 31.2. The Balaban J connectivity index is 0.880. The van der Waals surface area contributed by atoms with Gasteiger partial charge in [0.2, 0.25) is 0 Å². The van der Waals surface area contributed by atoms with Gasteiger partial charge in [0.1, 0.15) is 0 Å². The predicted molar refractivity (Wildman–Crippen MR) is 263 cm³/mol. The van der Waals surface area contributed by atoms with Crippen molar-refractivity contribution in [2.45, 2.75) is 38.5 Å². The summed E-state index contributed by atoms with van der Waals surface area (Å²) in [4.78, 5) is 18.4. The number of hydrogen-bond acceptors (Lipinski definition) is 4. The Kier molecular flexibility index (Phi) is 8.51. The van der Waals surface area contributed by atoms with Crippen molar-refractivity contribution in [3.05, 3.63) is 217 Å². The maximum atomic E-state index is 4.98. The molecule has 12 rings (SSSR count). The molecule has 0 fully saturated rings. The van der Waals surface area contributed by atoms with Gasteiger partial charge in [-0.3, -0.25) is 15.0 Å². The van der Waals surface area contributed by atoms with Gasteiger partial charge in [0.05, 0.1) is 22.8 Å². The van der Waals surface area contributed by atoms with E-state index < -0.39 is 0 Å². The maximum absolute atomic E-state index is 4.98. The van der Waals surface area contributed by atoms with Crippen LogP contribution in [0.5, 0.6) is 0 Å². The van der Waals surface area contributed by atoms with Crippen LogP contribution in [0, 0.1) is 0 Å². The van der Waals surface area contributed by atoms with Crippen LogP contribution < -0.4 is 0 Å². The minimum atomic E-state index is -0.197. The number of rotatable bonds is 6. The fourth-order valence-electron chi connectivity index (χ4n) is 10.7. The van der Waals surface area contributed by atoms with Crippen LogP contribution in [-0.4, -0.2) is 19.9 Å². The fourth-order valence-corrected chi connectivity index (χ4v) is 10.7. The molecule has 0 unspecified atom stereocenters. The van der Waals surface area contributed by atoms with Gasteiger partial charge in [-0.1, -0.05) is 131 Å². The van der Waals surface area contributed by atoms with Crippen molar-refractivity contribution in [1.29, 1.82) is 0 Å². The Labute approximate surface area is 374 Å². The van der Waals surface area contributed by atoms with Crippen LogP contribution in [0.3, 0.4) is 0 Å². The van der Waals surface area contributed by atoms with Crippen LogP contribution in [0.25, 0.3) is 100 Å². The Morgan fingerprint density at radius 2 is 0.750 bits per heavy atom. The van der Waals surface area contributed by atoms with Crippen molar-refractivity contribution in [2.75, 3.05) is 0 Å². The lowest BCUT2D eigenvalue weighted by atomic mass is 9.76. The fraction of sp³-hybridized carbons (Fsp3) is 0.100. The van der Waals surface area contributed by atoms with Gasteiger partial charge >= 0.3 is 0 Å². The molecule has 0 radical (unpaired) electrons. The van der Waals surface area contributed by atoms with Crippen molar-refractivity contribution in [2.24, 2.45) is 0 Å². The summed E-state index contributed by atoms with van der Waals surface area (Å²) in [7, 11) is 0. The molecule has 0 bridgehead atoms. The molecule has 0 spiro atoms. The SMILES string of the molecule is CC1(C)c2cc(-c3ccc(-c4cc(-c5ccccn5)nc(-c5ccccn5)c4)cc3)ccc2-c2ccc3c4c(ccc3c21)-c1ccc(-c2cccc(-c3ccncc3)c2)cc1C4(C)C. The number of hydrogen-bond donors (Lipinski definition) is 0. The van der Waals surface area contributed by atoms with E-state index in [1.54, 1.807) is 0 Å². The summed E-state index contributed by atoms with van der Waals surface area (Å²) in [5, 5.41) is 2.70. The van der Waals surface area contributed by atoms with Crippen molar-refractivity contribution in [1.82, 2.24) is 19.9 Å². The molecule has 6 aromatic carbocycles. The van der Waals surface area contributed by atoms with Crippen LogP contribution in [0.2, 0.25) is 0 Å². The monoisotopic (exact) mass is 820 g/mol. The Morgan fingerprint density at radius 1 is 0.312 bits per heavy atom. The molecule has 0 saturated carbocycles. The van der Waals surface area contributed by atoms with Crippen LogP contribution >= 0.6 is 0 Å². The summed E-state index contributed by atoms with van der Waals surface area (Å²) in [5.41, 5.74) is 23.3. The van der Waals surface area contributed by atoms with Gasteiger partial charge in [-0.15, -0.1) is 0 Å². The molecule has 2 aliphatic rings. The van der Waals surface area contributed by atoms with Gasteiger partial charge in [0.25, 0.3) is 0 Å². The lowest BCUT2D eigenvalue weighted by Crippen LogP contribution is -2.18. The van der Waals surface area contributed by atoms with E-state index in [0.29, 0.717) is 0 Å². The van der Waals surface area contributed by atoms with Crippen LogP contribution in [0.4, 0.5) is 0 Å². The van der Waals surface area contributed by atoms with Crippen LogP contribution in [0.15, 0.2) is 195 Å². The van der Waals surface area contributed by atoms with E-state index in [-0.39, 0.29) is 10.8 Å². The lowest BCUT2D eigenvalue weighted by Gasteiger charge is -2.27. The Morgan fingerprint density at radius 3 is 1.27 bits per heavy atom. The second-order valence-corrected chi connectivity index (χ2v) is 18.3. The zero-order valence-electron chi connectivity index (χ0n) is 36.3. The van der Waals surface area contributed by atoms with Crippen molar-refractivity contribution in [3.8, 4) is 89.5 Å². The van der Waals surface area contributed by atoms with Crippen molar-refractivity contribution < 1.29 is 0 Å². The molecule has 4 aromatic heterocycles. The molecule has 4 heteroatoms. The van der Waals surface area contributed by atoms with Crippen LogP contribution in [0.1, 0.15) is 49.9 Å². The highest BCUT2D eigenvalue weighted by Crippen LogP contribution is 2.57. The normalized spacial score (nSPS) is 13.9. The van der Waals surface area contributed by atoms with E-state index in [1.165, 1.54) is 88.7 Å². The van der Waals surface area contributed by atoms with Gasteiger partial charge < -0.3 is 0 Å². The second kappa shape index (κ2) is 14.4. The summed E-state index contributed by atoms with van der Waals surface area (Å²) in [5.74, 6) is 0. The highest BCUT2D eigenvalue weighted by Gasteiger charge is 2.41. The predicted octanol–water partition coefficient (Wildman–Crippen LogP) is 15.0. The van der Waals surface area contributed by atoms with Gasteiger partial charge in [0.15, 0.2) is 0 Å². The molecular weight excluding hydrogens is 777 g/mol. The largest absolute Gasteiger partial charge is 0.265 e. The topological polar surface area (TPSA) is 51.6 Å². The average molecular weight is 821 g/mol. The molecule has 4 nitrogen and oxygen atoms in total. The van der Waals surface area contributed by atoms with E-state index in [4.69, 9.17) is 4.98 Å². The number of benzene rings is 6. The number of pyridine rings is 4. The van der Waals surface area contributed by atoms with Crippen LogP contribution in [-0.2, 0) is 10.8 Å². The minimum Gasteiger partial charge on any atom is -0.265 e. The summed E-state index contributed by atoms with van der Waals surface area (Å²) in [6.45, 7) is 9.63. The van der Waals surface area contributed by atoms with Gasteiger partial charge in [-0.25, -0.2) is 4.98 Å². The number of nitrogens with zero attached hydrogens (tertiary/aromatic N) is 4. The summed E-state index contributed by atoms with van der Waals surface area (Å²) in [6.07, 6.45) is 7.34. The van der Waals surface area contributed by atoms with E-state index in [0.717, 1.165) is 33.9 Å². The Hall–Kier alpha value is -7.82. The molecule has 2 aliphatic carbocycles. The summed E-state index contributed by atoms with van der Waals surface area (Å²) in [6, 6.07) is 61.8. The maximum Gasteiger partial charge on any atom is 0.0900 e. The van der Waals surface area contributed by atoms with E-state index in [2.05, 4.69) is 176 Å². The molecule has 0 N–H and O–H groups in total. The van der Waals surface area contributed by atoms with Gasteiger partial charge in [0, 0.05) is 35.6 Å². The first-order valence-electron chi connectivity index (χ1n) is 22.1. The molecule has 0 amide bonds. The molecule has 0 atom stereocenters. The summed E-state index contributed by atoms with van der Waals surface area (Å²) >= 11 is 0. The molecule has 0 aliphatic heterocycles. The number of fused-ring (bicyclic) bond motifs is 9. The molecular formula is C60H44N4. The minimum absolute atomic E-state index is 0.178. The quantitative estimate of drug-likeness (QED) is 0.168. The van der Waals surface area contributed by atoms with Gasteiger partial charge in [-0.2, -0.15) is 0 Å². The first-order valence-corrected chi connectivity index (χ1v) is 22.1. The van der Waals surface area contributed by atoms with E-state index >= 15 is 0 Å². The van der Waals surface area contributed by atoms with Crippen molar-refractivity contribution in [3.63, 3.8) is 0 Å². The molecule has 64 heavy (non-hydrogen) atoms. The standard InChI is InChI=1S/C60H44N4/c1-59(2)51-33-42(37-14-16-38(17-15-37)44-35-55(53-12-5-7-28-62-53)64-56(36-44)54-13-6-8-29-63-54)18-20-45(51)47-22-24-50-49(57(47)59)25-23-48-46-21-19-43(34-52(46)60(3,4)58(48)50)41-11-9-10-40(32-41)39-26-30-61-31-27-39/h5-36H,1-4H3. The number of aromatic nitrogens is 4. The molecule has 0 saturated heterocycles. The lowest BCUT2D eigenvalue weighted by molar-refractivity contribution is 0.661. The third kappa shape index (κ3) is 5.97. The van der Waals surface area contributed by atoms with E-state index in [1.807, 2.05) is 61.2 Å². The molecule has 4 heterocycles. The average Bonchev–Trinajstić information content (AvgIpc) is 3.73. The highest BCUT2D eigenvalue weighted by atomic mass is 14.8. The zero-order valence-corrected chi connectivity index (χ0v) is 36.3. The Bertz CT molecular complexity index is 3410. The molecule has 304 valence electrons.